The fourth-order valence-electron chi connectivity index (χ4n) is 2.06. The molecule has 0 atom stereocenters. The van der Waals surface area contributed by atoms with Crippen molar-refractivity contribution in [3.8, 4) is 5.75 Å². The van der Waals surface area contributed by atoms with Crippen LogP contribution in [0.4, 0.5) is 10.5 Å². The summed E-state index contributed by atoms with van der Waals surface area (Å²) < 4.78 is 5.40. The predicted octanol–water partition coefficient (Wildman–Crippen LogP) is 3.87. The van der Waals surface area contributed by atoms with Crippen molar-refractivity contribution in [3.05, 3.63) is 59.1 Å². The van der Waals surface area contributed by atoms with Crippen LogP contribution < -0.4 is 20.9 Å². The fraction of sp³-hybridized carbons (Fsp3) is 0.263. The molecule has 0 aliphatic heterocycles. The minimum Gasteiger partial charge on any atom is -0.484 e. The summed E-state index contributed by atoms with van der Waals surface area (Å²) in [4.78, 5) is 23.4. The second-order valence-corrected chi connectivity index (χ2v) is 7.13. The summed E-state index contributed by atoms with van der Waals surface area (Å²) in [6.07, 6.45) is 0. The van der Waals surface area contributed by atoms with Crippen molar-refractivity contribution in [2.45, 2.75) is 26.2 Å². The van der Waals surface area contributed by atoms with Crippen molar-refractivity contribution >= 4 is 29.2 Å². The number of urea groups is 1. The highest BCUT2D eigenvalue weighted by molar-refractivity contribution is 6.30. The quantitative estimate of drug-likeness (QED) is 0.710. The number of hydrogen-bond donors (Lipinski definition) is 3. The average Bonchev–Trinajstić information content (AvgIpc) is 2.60. The van der Waals surface area contributed by atoms with Gasteiger partial charge in [-0.05, 0) is 47.4 Å². The Labute approximate surface area is 157 Å². The number of halogens is 1. The second-order valence-electron chi connectivity index (χ2n) is 6.70. The Kier molecular flexibility index (Phi) is 6.46. The zero-order valence-corrected chi connectivity index (χ0v) is 15.7. The van der Waals surface area contributed by atoms with E-state index in [1.54, 1.807) is 24.3 Å². The van der Waals surface area contributed by atoms with Gasteiger partial charge in [-0.15, -0.1) is 0 Å². The number of hydrazine groups is 1. The first-order valence-electron chi connectivity index (χ1n) is 8.09. The van der Waals surface area contributed by atoms with Gasteiger partial charge in [0.05, 0.1) is 0 Å². The molecule has 0 saturated heterocycles. The van der Waals surface area contributed by atoms with Crippen LogP contribution in [0, 0.1) is 0 Å². The Balaban J connectivity index is 1.73. The summed E-state index contributed by atoms with van der Waals surface area (Å²) in [5.74, 6) is 0.106. The van der Waals surface area contributed by atoms with Gasteiger partial charge in [0.2, 0.25) is 0 Å². The van der Waals surface area contributed by atoms with E-state index in [4.69, 9.17) is 16.3 Å². The topological polar surface area (TPSA) is 79.5 Å². The molecule has 26 heavy (non-hydrogen) atoms. The summed E-state index contributed by atoms with van der Waals surface area (Å²) >= 11 is 5.77. The van der Waals surface area contributed by atoms with Gasteiger partial charge in [-0.1, -0.05) is 44.5 Å². The number of anilines is 1. The SMILES string of the molecule is CC(C)(C)c1ccc(OCC(=O)NNC(=O)Nc2ccc(Cl)cc2)cc1. The highest BCUT2D eigenvalue weighted by Crippen LogP contribution is 2.24. The fourth-order valence-corrected chi connectivity index (χ4v) is 2.18. The van der Waals surface area contributed by atoms with Crippen LogP contribution in [0.5, 0.6) is 5.75 Å². The normalized spacial score (nSPS) is 10.8. The lowest BCUT2D eigenvalue weighted by molar-refractivity contribution is -0.123. The van der Waals surface area contributed by atoms with Gasteiger partial charge in [0.1, 0.15) is 5.75 Å². The van der Waals surface area contributed by atoms with Crippen LogP contribution in [0.2, 0.25) is 5.02 Å². The first-order valence-corrected chi connectivity index (χ1v) is 8.46. The molecule has 0 bridgehead atoms. The molecule has 2 aromatic carbocycles. The predicted molar refractivity (Wildman–Crippen MR) is 102 cm³/mol. The van der Waals surface area contributed by atoms with Gasteiger partial charge in [0.25, 0.3) is 5.91 Å². The van der Waals surface area contributed by atoms with E-state index in [-0.39, 0.29) is 12.0 Å². The summed E-state index contributed by atoms with van der Waals surface area (Å²) in [7, 11) is 0. The molecule has 0 aliphatic carbocycles. The standard InChI is InChI=1S/C19H22ClN3O3/c1-19(2,3)13-4-10-16(11-5-13)26-12-17(24)22-23-18(25)21-15-8-6-14(20)7-9-15/h4-11H,12H2,1-3H3,(H,22,24)(H2,21,23,25). The minimum absolute atomic E-state index is 0.0529. The van der Waals surface area contributed by atoms with E-state index in [0.717, 1.165) is 0 Å². The van der Waals surface area contributed by atoms with Crippen molar-refractivity contribution in [2.24, 2.45) is 0 Å². The summed E-state index contributed by atoms with van der Waals surface area (Å²) in [5.41, 5.74) is 6.30. The molecule has 0 unspecified atom stereocenters. The van der Waals surface area contributed by atoms with Crippen molar-refractivity contribution in [1.29, 1.82) is 0 Å². The number of nitrogens with one attached hydrogen (secondary N) is 3. The zero-order valence-electron chi connectivity index (χ0n) is 14.9. The highest BCUT2D eigenvalue weighted by Gasteiger charge is 2.13. The van der Waals surface area contributed by atoms with Crippen LogP contribution in [0.1, 0.15) is 26.3 Å². The third-order valence-corrected chi connectivity index (χ3v) is 3.76. The number of rotatable bonds is 4. The van der Waals surface area contributed by atoms with E-state index in [1.165, 1.54) is 5.56 Å². The van der Waals surface area contributed by atoms with Gasteiger partial charge in [0.15, 0.2) is 6.61 Å². The third-order valence-electron chi connectivity index (χ3n) is 3.51. The van der Waals surface area contributed by atoms with E-state index in [9.17, 15) is 9.59 Å². The Morgan fingerprint density at radius 1 is 0.962 bits per heavy atom. The highest BCUT2D eigenvalue weighted by atomic mass is 35.5. The molecule has 0 aliphatic rings. The molecule has 7 heteroatoms. The van der Waals surface area contributed by atoms with E-state index < -0.39 is 11.9 Å². The van der Waals surface area contributed by atoms with Crippen LogP contribution in [0.15, 0.2) is 48.5 Å². The van der Waals surface area contributed by atoms with Gasteiger partial charge >= 0.3 is 6.03 Å². The largest absolute Gasteiger partial charge is 0.484 e. The summed E-state index contributed by atoms with van der Waals surface area (Å²) in [6.45, 7) is 6.15. The van der Waals surface area contributed by atoms with E-state index in [0.29, 0.717) is 16.5 Å². The second kappa shape index (κ2) is 8.58. The lowest BCUT2D eigenvalue weighted by atomic mass is 9.87. The molecule has 0 saturated carbocycles. The van der Waals surface area contributed by atoms with E-state index >= 15 is 0 Å². The summed E-state index contributed by atoms with van der Waals surface area (Å²) in [6, 6.07) is 13.6. The molecule has 0 radical (unpaired) electrons. The molecule has 3 N–H and O–H groups in total. The molecule has 6 nitrogen and oxygen atoms in total. The van der Waals surface area contributed by atoms with Crippen molar-refractivity contribution in [2.75, 3.05) is 11.9 Å². The zero-order chi connectivity index (χ0) is 19.2. The molecule has 3 amide bonds. The van der Waals surface area contributed by atoms with Crippen molar-refractivity contribution in [3.63, 3.8) is 0 Å². The molecule has 0 aromatic heterocycles. The van der Waals surface area contributed by atoms with E-state index in [2.05, 4.69) is 36.9 Å². The van der Waals surface area contributed by atoms with Gasteiger partial charge in [-0.25, -0.2) is 10.2 Å². The van der Waals surface area contributed by atoms with Gasteiger partial charge in [-0.2, -0.15) is 0 Å². The van der Waals surface area contributed by atoms with Crippen molar-refractivity contribution in [1.82, 2.24) is 10.9 Å². The van der Waals surface area contributed by atoms with Crippen LogP contribution in [0.25, 0.3) is 0 Å². The maximum absolute atomic E-state index is 11.7. The molecular formula is C19H22ClN3O3. The van der Waals surface area contributed by atoms with Crippen LogP contribution >= 0.6 is 11.6 Å². The first kappa shape index (κ1) is 19.6. The smallest absolute Gasteiger partial charge is 0.337 e. The number of carbonyl (C=O) groups is 2. The monoisotopic (exact) mass is 375 g/mol. The lowest BCUT2D eigenvalue weighted by Gasteiger charge is -2.19. The number of hydrogen-bond acceptors (Lipinski definition) is 3. The molecule has 0 fully saturated rings. The number of ether oxygens (including phenoxy) is 1. The van der Waals surface area contributed by atoms with Crippen molar-refractivity contribution < 1.29 is 14.3 Å². The Morgan fingerprint density at radius 3 is 2.15 bits per heavy atom. The number of carbonyl (C=O) groups excluding carboxylic acids is 2. The Hall–Kier alpha value is -2.73. The molecule has 0 spiro atoms. The number of amides is 3. The van der Waals surface area contributed by atoms with Crippen LogP contribution in [0.3, 0.4) is 0 Å². The van der Waals surface area contributed by atoms with Crippen LogP contribution in [-0.4, -0.2) is 18.5 Å². The van der Waals surface area contributed by atoms with Gasteiger partial charge < -0.3 is 10.1 Å². The molecule has 0 heterocycles. The minimum atomic E-state index is -0.574. The molecule has 2 rings (SSSR count). The van der Waals surface area contributed by atoms with Gasteiger partial charge in [0, 0.05) is 10.7 Å². The maximum atomic E-state index is 11.7. The number of benzene rings is 2. The maximum Gasteiger partial charge on any atom is 0.337 e. The lowest BCUT2D eigenvalue weighted by Crippen LogP contribution is -2.45. The molecular weight excluding hydrogens is 354 g/mol. The van der Waals surface area contributed by atoms with E-state index in [1.807, 2.05) is 24.3 Å². The average molecular weight is 376 g/mol. The first-order chi connectivity index (χ1) is 12.2. The summed E-state index contributed by atoms with van der Waals surface area (Å²) in [5, 5.41) is 3.12. The molecule has 2 aromatic rings. The van der Waals surface area contributed by atoms with Gasteiger partial charge in [-0.3, -0.25) is 10.2 Å². The van der Waals surface area contributed by atoms with Crippen LogP contribution in [-0.2, 0) is 10.2 Å². The Morgan fingerprint density at radius 2 is 1.58 bits per heavy atom. The Bertz CT molecular complexity index is 753. The molecule has 138 valence electrons. The third kappa shape index (κ3) is 6.29.